The SMILES string of the molecule is CCOc1cc(C(=O)N(C)C(C)c2ccc(F)c(F)c2)ccc1OCc1cccnc1. The van der Waals surface area contributed by atoms with Gasteiger partial charge in [-0.1, -0.05) is 12.1 Å². The number of hydrogen-bond acceptors (Lipinski definition) is 4. The van der Waals surface area contributed by atoms with E-state index in [0.717, 1.165) is 17.7 Å². The molecule has 0 aliphatic carbocycles. The smallest absolute Gasteiger partial charge is 0.254 e. The summed E-state index contributed by atoms with van der Waals surface area (Å²) in [6, 6.07) is 11.9. The average molecular weight is 426 g/mol. The quantitative estimate of drug-likeness (QED) is 0.499. The number of carbonyl (C=O) groups excluding carboxylic acids is 1. The molecule has 1 amide bonds. The summed E-state index contributed by atoms with van der Waals surface area (Å²) in [7, 11) is 1.61. The van der Waals surface area contributed by atoms with Crippen molar-refractivity contribution in [1.82, 2.24) is 9.88 Å². The van der Waals surface area contributed by atoms with Crippen molar-refractivity contribution in [3.63, 3.8) is 0 Å². The first-order valence-corrected chi connectivity index (χ1v) is 9.91. The number of benzene rings is 2. The van der Waals surface area contributed by atoms with Crippen LogP contribution in [0.25, 0.3) is 0 Å². The first-order valence-electron chi connectivity index (χ1n) is 9.91. The van der Waals surface area contributed by atoms with Crippen LogP contribution in [0.4, 0.5) is 8.78 Å². The molecule has 0 N–H and O–H groups in total. The maximum Gasteiger partial charge on any atom is 0.254 e. The number of nitrogens with zero attached hydrogens (tertiary/aromatic N) is 2. The molecule has 0 fully saturated rings. The van der Waals surface area contributed by atoms with Gasteiger partial charge < -0.3 is 14.4 Å². The van der Waals surface area contributed by atoms with Crippen molar-refractivity contribution in [3.8, 4) is 11.5 Å². The van der Waals surface area contributed by atoms with Gasteiger partial charge in [0.15, 0.2) is 23.1 Å². The molecule has 5 nitrogen and oxygen atoms in total. The third-order valence-corrected chi connectivity index (χ3v) is 4.93. The molecule has 2 aromatic carbocycles. The molecule has 1 heterocycles. The lowest BCUT2D eigenvalue weighted by Gasteiger charge is -2.26. The monoisotopic (exact) mass is 426 g/mol. The number of halogens is 2. The number of amides is 1. The number of aromatic nitrogens is 1. The van der Waals surface area contributed by atoms with Crippen LogP contribution in [0, 0.1) is 11.6 Å². The summed E-state index contributed by atoms with van der Waals surface area (Å²) >= 11 is 0. The Morgan fingerprint density at radius 3 is 2.55 bits per heavy atom. The molecule has 162 valence electrons. The Balaban J connectivity index is 1.78. The Hall–Kier alpha value is -3.48. The van der Waals surface area contributed by atoms with Gasteiger partial charge in [0.25, 0.3) is 5.91 Å². The normalized spacial score (nSPS) is 11.6. The largest absolute Gasteiger partial charge is 0.490 e. The molecule has 0 aliphatic heterocycles. The van der Waals surface area contributed by atoms with Crippen LogP contribution >= 0.6 is 0 Å². The minimum atomic E-state index is -0.945. The molecule has 7 heteroatoms. The number of hydrogen-bond donors (Lipinski definition) is 0. The van der Waals surface area contributed by atoms with Gasteiger partial charge in [0, 0.05) is 30.6 Å². The average Bonchev–Trinajstić information content (AvgIpc) is 2.79. The summed E-state index contributed by atoms with van der Waals surface area (Å²) in [5.41, 5.74) is 1.80. The van der Waals surface area contributed by atoms with E-state index in [0.29, 0.717) is 35.8 Å². The maximum absolute atomic E-state index is 13.6. The van der Waals surface area contributed by atoms with Crippen LogP contribution in [0.2, 0.25) is 0 Å². The molecular weight excluding hydrogens is 402 g/mol. The molecule has 0 bridgehead atoms. The molecule has 31 heavy (non-hydrogen) atoms. The van der Waals surface area contributed by atoms with Gasteiger partial charge in [-0.05, 0) is 55.8 Å². The Kier molecular flexibility index (Phi) is 7.18. The van der Waals surface area contributed by atoms with Crippen LogP contribution in [0.15, 0.2) is 60.9 Å². The fourth-order valence-electron chi connectivity index (χ4n) is 3.05. The van der Waals surface area contributed by atoms with Crippen molar-refractivity contribution < 1.29 is 23.0 Å². The first kappa shape index (κ1) is 22.2. The van der Waals surface area contributed by atoms with Gasteiger partial charge in [-0.2, -0.15) is 0 Å². The highest BCUT2D eigenvalue weighted by Gasteiger charge is 2.21. The molecular formula is C24H24F2N2O3. The highest BCUT2D eigenvalue weighted by molar-refractivity contribution is 5.95. The highest BCUT2D eigenvalue weighted by Crippen LogP contribution is 2.31. The number of ether oxygens (including phenoxy) is 2. The van der Waals surface area contributed by atoms with E-state index in [1.165, 1.54) is 11.0 Å². The Bertz CT molecular complexity index is 1040. The van der Waals surface area contributed by atoms with Crippen LogP contribution < -0.4 is 9.47 Å². The summed E-state index contributed by atoms with van der Waals surface area (Å²) in [5, 5.41) is 0. The van der Waals surface area contributed by atoms with Crippen LogP contribution in [0.1, 0.15) is 41.4 Å². The maximum atomic E-state index is 13.6. The minimum Gasteiger partial charge on any atom is -0.490 e. The second-order valence-electron chi connectivity index (χ2n) is 7.01. The van der Waals surface area contributed by atoms with Crippen LogP contribution in [0.3, 0.4) is 0 Å². The molecule has 1 unspecified atom stereocenters. The predicted molar refractivity (Wildman–Crippen MR) is 113 cm³/mol. The van der Waals surface area contributed by atoms with E-state index < -0.39 is 17.7 Å². The molecule has 0 saturated carbocycles. The van der Waals surface area contributed by atoms with Crippen LogP contribution in [-0.2, 0) is 6.61 Å². The summed E-state index contributed by atoms with van der Waals surface area (Å²) in [6.07, 6.45) is 3.40. The summed E-state index contributed by atoms with van der Waals surface area (Å²) < 4.78 is 38.3. The Morgan fingerprint density at radius 2 is 1.87 bits per heavy atom. The predicted octanol–water partition coefficient (Wildman–Crippen LogP) is 5.17. The van der Waals surface area contributed by atoms with Gasteiger partial charge in [0.2, 0.25) is 0 Å². The van der Waals surface area contributed by atoms with Crippen molar-refractivity contribution in [2.24, 2.45) is 0 Å². The zero-order valence-corrected chi connectivity index (χ0v) is 17.6. The zero-order chi connectivity index (χ0) is 22.4. The molecule has 0 aliphatic rings. The fourth-order valence-corrected chi connectivity index (χ4v) is 3.05. The van der Waals surface area contributed by atoms with Crippen LogP contribution in [-0.4, -0.2) is 29.4 Å². The third kappa shape index (κ3) is 5.36. The second-order valence-corrected chi connectivity index (χ2v) is 7.01. The standard InChI is InChI=1S/C24H24F2N2O3/c1-4-30-23-13-19(8-10-22(23)31-15-17-6-5-11-27-14-17)24(29)28(3)16(2)18-7-9-20(25)21(26)12-18/h5-14,16H,4,15H2,1-3H3. The fraction of sp³-hybridized carbons (Fsp3) is 0.250. The number of rotatable bonds is 8. The van der Waals surface area contributed by atoms with E-state index in [2.05, 4.69) is 4.98 Å². The van der Waals surface area contributed by atoms with Crippen molar-refractivity contribution in [3.05, 3.63) is 89.2 Å². The Labute approximate surface area is 180 Å². The van der Waals surface area contributed by atoms with Gasteiger partial charge >= 0.3 is 0 Å². The highest BCUT2D eigenvalue weighted by atomic mass is 19.2. The lowest BCUT2D eigenvalue weighted by atomic mass is 10.1. The summed E-state index contributed by atoms with van der Waals surface area (Å²) in [6.45, 7) is 4.31. The molecule has 0 spiro atoms. The van der Waals surface area contributed by atoms with Gasteiger partial charge in [-0.15, -0.1) is 0 Å². The zero-order valence-electron chi connectivity index (χ0n) is 17.6. The molecule has 3 rings (SSSR count). The van der Waals surface area contributed by atoms with Crippen molar-refractivity contribution in [2.45, 2.75) is 26.5 Å². The summed E-state index contributed by atoms with van der Waals surface area (Å²) in [4.78, 5) is 18.5. The molecule has 0 saturated heterocycles. The lowest BCUT2D eigenvalue weighted by molar-refractivity contribution is 0.0741. The van der Waals surface area contributed by atoms with E-state index in [1.807, 2.05) is 19.1 Å². The van der Waals surface area contributed by atoms with Gasteiger partial charge in [-0.25, -0.2) is 8.78 Å². The van der Waals surface area contributed by atoms with Gasteiger partial charge in [0.05, 0.1) is 12.6 Å². The molecule has 1 aromatic heterocycles. The van der Waals surface area contributed by atoms with Crippen molar-refractivity contribution >= 4 is 5.91 Å². The third-order valence-electron chi connectivity index (χ3n) is 4.93. The Morgan fingerprint density at radius 1 is 1.06 bits per heavy atom. The van der Waals surface area contributed by atoms with E-state index in [-0.39, 0.29) is 5.91 Å². The van der Waals surface area contributed by atoms with Gasteiger partial charge in [-0.3, -0.25) is 9.78 Å². The van der Waals surface area contributed by atoms with E-state index >= 15 is 0 Å². The second kappa shape index (κ2) is 10.0. The molecule has 3 aromatic rings. The van der Waals surface area contributed by atoms with E-state index in [1.54, 1.807) is 44.6 Å². The molecule has 0 radical (unpaired) electrons. The van der Waals surface area contributed by atoms with Gasteiger partial charge in [0.1, 0.15) is 6.61 Å². The van der Waals surface area contributed by atoms with E-state index in [4.69, 9.17) is 9.47 Å². The summed E-state index contributed by atoms with van der Waals surface area (Å²) in [5.74, 6) is -1.19. The molecule has 1 atom stereocenters. The number of carbonyl (C=O) groups is 1. The van der Waals surface area contributed by atoms with Crippen molar-refractivity contribution in [1.29, 1.82) is 0 Å². The van der Waals surface area contributed by atoms with E-state index in [9.17, 15) is 13.6 Å². The first-order chi connectivity index (χ1) is 14.9. The minimum absolute atomic E-state index is 0.281. The lowest BCUT2D eigenvalue weighted by Crippen LogP contribution is -2.29. The van der Waals surface area contributed by atoms with Crippen LogP contribution in [0.5, 0.6) is 11.5 Å². The number of pyridine rings is 1. The topological polar surface area (TPSA) is 51.7 Å². The van der Waals surface area contributed by atoms with Crippen molar-refractivity contribution in [2.75, 3.05) is 13.7 Å².